The van der Waals surface area contributed by atoms with Gasteiger partial charge in [0, 0.05) is 10.8 Å². The highest BCUT2D eigenvalue weighted by Gasteiger charge is 2.29. The lowest BCUT2D eigenvalue weighted by atomic mass is 9.99. The summed E-state index contributed by atoms with van der Waals surface area (Å²) in [5, 5.41) is 0. The Morgan fingerprint density at radius 1 is 0.952 bits per heavy atom. The Kier molecular flexibility index (Phi) is 3.42. The Morgan fingerprint density at radius 2 is 1.67 bits per heavy atom. The first-order chi connectivity index (χ1) is 10.3. The number of Topliss-reactive ketones (excluding diaryl/α,β-unsaturated/α-hetero) is 1. The van der Waals surface area contributed by atoms with Crippen LogP contribution in [0.2, 0.25) is 0 Å². The van der Waals surface area contributed by atoms with E-state index in [4.69, 9.17) is 0 Å². The molecule has 0 atom stereocenters. The Hall–Kier alpha value is -1.41. The standard InChI is InChI=1S/C19H20OS/c20-19(16-10-13-6-4-5-7-14(13)11-16)18-12-15-8-2-1-3-9-17(15)21-18/h4-7,12,16H,1-3,8-11H2. The zero-order valence-corrected chi connectivity index (χ0v) is 13.0. The van der Waals surface area contributed by atoms with E-state index in [0.29, 0.717) is 5.78 Å². The van der Waals surface area contributed by atoms with Gasteiger partial charge in [-0.1, -0.05) is 30.7 Å². The lowest BCUT2D eigenvalue weighted by Gasteiger charge is -2.05. The van der Waals surface area contributed by atoms with Crippen LogP contribution in [0.3, 0.4) is 0 Å². The summed E-state index contributed by atoms with van der Waals surface area (Å²) in [7, 11) is 0. The Labute approximate surface area is 130 Å². The van der Waals surface area contributed by atoms with Gasteiger partial charge in [-0.25, -0.2) is 0 Å². The van der Waals surface area contributed by atoms with Crippen molar-refractivity contribution in [1.82, 2.24) is 0 Å². The first-order valence-electron chi connectivity index (χ1n) is 8.04. The van der Waals surface area contributed by atoms with Crippen molar-refractivity contribution < 1.29 is 4.79 Å². The summed E-state index contributed by atoms with van der Waals surface area (Å²) in [4.78, 5) is 15.3. The van der Waals surface area contributed by atoms with Crippen molar-refractivity contribution in [2.75, 3.05) is 0 Å². The van der Waals surface area contributed by atoms with Gasteiger partial charge in [0.2, 0.25) is 0 Å². The molecule has 0 saturated carbocycles. The van der Waals surface area contributed by atoms with Crippen LogP contribution >= 0.6 is 11.3 Å². The SMILES string of the molecule is O=C(c1cc2c(s1)CCCCC2)C1Cc2ccccc2C1. The van der Waals surface area contributed by atoms with Crippen molar-refractivity contribution in [2.24, 2.45) is 5.92 Å². The van der Waals surface area contributed by atoms with Gasteiger partial charge in [0.15, 0.2) is 5.78 Å². The molecular weight excluding hydrogens is 276 g/mol. The number of ketones is 1. The molecule has 2 aliphatic rings. The molecule has 1 heterocycles. The minimum atomic E-state index is 0.171. The number of fused-ring (bicyclic) bond motifs is 2. The van der Waals surface area contributed by atoms with Crippen LogP contribution in [0.15, 0.2) is 30.3 Å². The van der Waals surface area contributed by atoms with Crippen molar-refractivity contribution >= 4 is 17.1 Å². The molecule has 2 aliphatic carbocycles. The van der Waals surface area contributed by atoms with Gasteiger partial charge in [-0.2, -0.15) is 0 Å². The Bertz CT molecular complexity index is 634. The minimum absolute atomic E-state index is 0.171. The predicted octanol–water partition coefficient (Wildman–Crippen LogP) is 4.61. The van der Waals surface area contributed by atoms with Gasteiger partial charge in [0.1, 0.15) is 0 Å². The van der Waals surface area contributed by atoms with Crippen molar-refractivity contribution in [3.8, 4) is 0 Å². The fourth-order valence-electron chi connectivity index (χ4n) is 3.73. The van der Waals surface area contributed by atoms with Gasteiger partial charge in [-0.15, -0.1) is 11.3 Å². The third-order valence-electron chi connectivity index (χ3n) is 4.91. The van der Waals surface area contributed by atoms with Crippen LogP contribution in [0.4, 0.5) is 0 Å². The normalized spacial score (nSPS) is 18.1. The summed E-state index contributed by atoms with van der Waals surface area (Å²) >= 11 is 1.77. The Morgan fingerprint density at radius 3 is 2.43 bits per heavy atom. The van der Waals surface area contributed by atoms with Crippen LogP contribution in [0, 0.1) is 5.92 Å². The molecule has 1 nitrogen and oxygen atoms in total. The number of rotatable bonds is 2. The van der Waals surface area contributed by atoms with E-state index in [1.165, 1.54) is 53.7 Å². The van der Waals surface area contributed by atoms with Gasteiger partial charge >= 0.3 is 0 Å². The van der Waals surface area contributed by atoms with Crippen molar-refractivity contribution in [3.63, 3.8) is 0 Å². The lowest BCUT2D eigenvalue weighted by molar-refractivity contribution is 0.0929. The molecule has 0 bridgehead atoms. The summed E-state index contributed by atoms with van der Waals surface area (Å²) in [6.07, 6.45) is 8.11. The van der Waals surface area contributed by atoms with E-state index in [2.05, 4.69) is 30.3 Å². The van der Waals surface area contributed by atoms with Gasteiger partial charge in [-0.3, -0.25) is 4.79 Å². The summed E-state index contributed by atoms with van der Waals surface area (Å²) in [6, 6.07) is 10.7. The number of carbonyl (C=O) groups excluding carboxylic acids is 1. The number of thiophene rings is 1. The number of carbonyl (C=O) groups is 1. The van der Waals surface area contributed by atoms with Crippen molar-refractivity contribution in [1.29, 1.82) is 0 Å². The molecule has 0 radical (unpaired) electrons. The maximum atomic E-state index is 12.8. The molecular formula is C19H20OS. The van der Waals surface area contributed by atoms with Gasteiger partial charge < -0.3 is 0 Å². The van der Waals surface area contributed by atoms with Crippen molar-refractivity contribution in [2.45, 2.75) is 44.9 Å². The maximum Gasteiger partial charge on any atom is 0.176 e. The van der Waals surface area contributed by atoms with Crippen LogP contribution in [0.1, 0.15) is 50.5 Å². The molecule has 0 aliphatic heterocycles. The summed E-state index contributed by atoms with van der Waals surface area (Å²) in [5.74, 6) is 0.550. The van der Waals surface area contributed by atoms with Gasteiger partial charge in [0.25, 0.3) is 0 Å². The third-order valence-corrected chi connectivity index (χ3v) is 6.16. The molecule has 4 rings (SSSR count). The number of hydrogen-bond acceptors (Lipinski definition) is 2. The largest absolute Gasteiger partial charge is 0.293 e. The van der Waals surface area contributed by atoms with E-state index in [0.717, 1.165) is 17.7 Å². The van der Waals surface area contributed by atoms with E-state index in [1.54, 1.807) is 11.3 Å². The quantitative estimate of drug-likeness (QED) is 0.584. The van der Waals surface area contributed by atoms with Crippen LogP contribution < -0.4 is 0 Å². The van der Waals surface area contributed by atoms with E-state index >= 15 is 0 Å². The highest BCUT2D eigenvalue weighted by Crippen LogP contribution is 2.34. The first-order valence-corrected chi connectivity index (χ1v) is 8.85. The fourth-order valence-corrected chi connectivity index (χ4v) is 5.01. The number of hydrogen-bond donors (Lipinski definition) is 0. The minimum Gasteiger partial charge on any atom is -0.293 e. The predicted molar refractivity (Wildman–Crippen MR) is 87.2 cm³/mol. The van der Waals surface area contributed by atoms with Gasteiger partial charge in [0.05, 0.1) is 4.88 Å². The smallest absolute Gasteiger partial charge is 0.176 e. The van der Waals surface area contributed by atoms with Crippen LogP contribution in [0.5, 0.6) is 0 Å². The monoisotopic (exact) mass is 296 g/mol. The fraction of sp³-hybridized carbons (Fsp3) is 0.421. The molecule has 2 aromatic rings. The van der Waals surface area contributed by atoms with Gasteiger partial charge in [-0.05, 0) is 61.3 Å². The highest BCUT2D eigenvalue weighted by molar-refractivity contribution is 7.14. The molecule has 0 fully saturated rings. The maximum absolute atomic E-state index is 12.8. The number of benzene rings is 1. The average Bonchev–Trinajstić information content (AvgIpc) is 3.05. The van der Waals surface area contributed by atoms with Crippen molar-refractivity contribution in [3.05, 3.63) is 56.8 Å². The third kappa shape index (κ3) is 2.46. The molecule has 2 heteroatoms. The molecule has 1 aromatic heterocycles. The molecule has 0 amide bonds. The second kappa shape index (κ2) is 5.42. The topological polar surface area (TPSA) is 17.1 Å². The zero-order valence-electron chi connectivity index (χ0n) is 12.2. The summed E-state index contributed by atoms with van der Waals surface area (Å²) in [5.41, 5.74) is 4.19. The molecule has 1 aromatic carbocycles. The van der Waals surface area contributed by atoms with Crippen LogP contribution in [-0.4, -0.2) is 5.78 Å². The molecule has 0 N–H and O–H groups in total. The molecule has 21 heavy (non-hydrogen) atoms. The average molecular weight is 296 g/mol. The zero-order chi connectivity index (χ0) is 14.2. The van der Waals surface area contributed by atoms with E-state index in [9.17, 15) is 4.79 Å². The highest BCUT2D eigenvalue weighted by atomic mass is 32.1. The first kappa shape index (κ1) is 13.3. The summed E-state index contributed by atoms with van der Waals surface area (Å²) in [6.45, 7) is 0. The molecule has 108 valence electrons. The number of aryl methyl sites for hydroxylation is 2. The summed E-state index contributed by atoms with van der Waals surface area (Å²) < 4.78 is 0. The van der Waals surface area contributed by atoms with E-state index in [1.807, 2.05) is 0 Å². The second-order valence-electron chi connectivity index (χ2n) is 6.36. The molecule has 0 saturated heterocycles. The van der Waals surface area contributed by atoms with Crippen LogP contribution in [0.25, 0.3) is 0 Å². The van der Waals surface area contributed by atoms with E-state index in [-0.39, 0.29) is 5.92 Å². The molecule has 0 spiro atoms. The lowest BCUT2D eigenvalue weighted by Crippen LogP contribution is -2.13. The second-order valence-corrected chi connectivity index (χ2v) is 7.49. The van der Waals surface area contributed by atoms with Crippen LogP contribution in [-0.2, 0) is 25.7 Å². The Balaban J connectivity index is 1.56. The molecule has 0 unspecified atom stereocenters. The van der Waals surface area contributed by atoms with E-state index < -0.39 is 0 Å².